The molecule has 0 radical (unpaired) electrons. The number of benzene rings is 1. The summed E-state index contributed by atoms with van der Waals surface area (Å²) in [6.07, 6.45) is 2.83. The number of rotatable bonds is 4. The predicted octanol–water partition coefficient (Wildman–Crippen LogP) is 2.34. The van der Waals surface area contributed by atoms with E-state index in [2.05, 4.69) is 31.0 Å². The second-order valence-electron chi connectivity index (χ2n) is 9.59. The monoisotopic (exact) mass is 413 g/mol. The summed E-state index contributed by atoms with van der Waals surface area (Å²) in [4.78, 5) is 40.7. The molecule has 0 spiro atoms. The number of imide groups is 1. The molecule has 162 valence electrons. The van der Waals surface area contributed by atoms with Gasteiger partial charge in [-0.2, -0.15) is 0 Å². The average molecular weight is 414 g/mol. The van der Waals surface area contributed by atoms with Crippen LogP contribution in [0, 0.1) is 5.92 Å². The number of piperidine rings is 2. The van der Waals surface area contributed by atoms with Gasteiger partial charge in [-0.3, -0.25) is 24.6 Å². The smallest absolute Gasteiger partial charge is 0.255 e. The van der Waals surface area contributed by atoms with E-state index in [0.717, 1.165) is 37.2 Å². The summed E-state index contributed by atoms with van der Waals surface area (Å²) in [5.74, 6) is 0.405. The highest BCUT2D eigenvalue weighted by Crippen LogP contribution is 2.34. The van der Waals surface area contributed by atoms with Gasteiger partial charge in [0.2, 0.25) is 11.8 Å². The van der Waals surface area contributed by atoms with Crippen molar-refractivity contribution in [1.82, 2.24) is 15.1 Å². The van der Waals surface area contributed by atoms with E-state index in [4.69, 9.17) is 4.74 Å². The van der Waals surface area contributed by atoms with Crippen LogP contribution >= 0.6 is 0 Å². The summed E-state index contributed by atoms with van der Waals surface area (Å²) in [7, 11) is 0. The first-order valence-electron chi connectivity index (χ1n) is 10.9. The molecule has 7 nitrogen and oxygen atoms in total. The first-order chi connectivity index (χ1) is 14.2. The van der Waals surface area contributed by atoms with Gasteiger partial charge in [-0.05, 0) is 71.2 Å². The van der Waals surface area contributed by atoms with E-state index in [9.17, 15) is 14.4 Å². The van der Waals surface area contributed by atoms with E-state index in [1.807, 2.05) is 12.1 Å². The van der Waals surface area contributed by atoms with Gasteiger partial charge in [0.15, 0.2) is 0 Å². The lowest BCUT2D eigenvalue weighted by Crippen LogP contribution is -2.52. The summed E-state index contributed by atoms with van der Waals surface area (Å²) in [6.45, 7) is 9.89. The standard InChI is InChI=1S/C23H31N3O4/c1-23(2,3)25-11-9-15(10-12-25)14-30-19-6-4-5-16-17(19)13-26(22(16)29)18-7-8-20(27)24-21(18)28/h4-6,15,18H,7-14H2,1-3H3,(H,24,27,28). The van der Waals surface area contributed by atoms with Crippen LogP contribution in [-0.2, 0) is 16.1 Å². The van der Waals surface area contributed by atoms with Crippen molar-refractivity contribution in [1.29, 1.82) is 0 Å². The Balaban J connectivity index is 1.40. The average Bonchev–Trinajstić information content (AvgIpc) is 3.03. The van der Waals surface area contributed by atoms with Crippen LogP contribution in [-0.4, -0.2) is 58.8 Å². The zero-order valence-electron chi connectivity index (χ0n) is 18.1. The van der Waals surface area contributed by atoms with Crippen molar-refractivity contribution in [3.8, 4) is 5.75 Å². The van der Waals surface area contributed by atoms with Gasteiger partial charge in [-0.1, -0.05) is 6.07 Å². The molecular formula is C23H31N3O4. The molecule has 30 heavy (non-hydrogen) atoms. The molecule has 3 heterocycles. The van der Waals surface area contributed by atoms with Crippen molar-refractivity contribution in [2.45, 2.75) is 64.6 Å². The molecule has 0 aliphatic carbocycles. The predicted molar refractivity (Wildman–Crippen MR) is 112 cm³/mol. The Morgan fingerprint density at radius 2 is 1.83 bits per heavy atom. The fourth-order valence-electron chi connectivity index (χ4n) is 4.67. The fraction of sp³-hybridized carbons (Fsp3) is 0.609. The lowest BCUT2D eigenvalue weighted by atomic mass is 9.93. The van der Waals surface area contributed by atoms with Crippen molar-refractivity contribution >= 4 is 17.7 Å². The minimum absolute atomic E-state index is 0.163. The minimum Gasteiger partial charge on any atom is -0.493 e. The second-order valence-corrected chi connectivity index (χ2v) is 9.59. The number of amides is 3. The molecule has 3 aliphatic rings. The first kappa shape index (κ1) is 20.8. The molecule has 1 aromatic rings. The molecule has 2 saturated heterocycles. The molecule has 4 rings (SSSR count). The van der Waals surface area contributed by atoms with Crippen LogP contribution in [0.1, 0.15) is 62.4 Å². The summed E-state index contributed by atoms with van der Waals surface area (Å²) < 4.78 is 6.19. The third-order valence-corrected chi connectivity index (χ3v) is 6.58. The van der Waals surface area contributed by atoms with Gasteiger partial charge < -0.3 is 9.64 Å². The number of nitrogens with zero attached hydrogens (tertiary/aromatic N) is 2. The number of likely N-dealkylation sites (tertiary alicyclic amines) is 1. The number of fused-ring (bicyclic) bond motifs is 1. The highest BCUT2D eigenvalue weighted by atomic mass is 16.5. The zero-order chi connectivity index (χ0) is 21.5. The van der Waals surface area contributed by atoms with Gasteiger partial charge in [0, 0.05) is 23.1 Å². The summed E-state index contributed by atoms with van der Waals surface area (Å²) in [6, 6.07) is 4.93. The molecule has 1 aromatic carbocycles. The number of nitrogens with one attached hydrogen (secondary N) is 1. The van der Waals surface area contributed by atoms with Crippen LogP contribution in [0.2, 0.25) is 0 Å². The second kappa shape index (κ2) is 8.02. The van der Waals surface area contributed by atoms with Crippen LogP contribution in [0.5, 0.6) is 5.75 Å². The highest BCUT2D eigenvalue weighted by molar-refractivity contribution is 6.05. The molecule has 3 amide bonds. The van der Waals surface area contributed by atoms with E-state index in [1.165, 1.54) is 0 Å². The number of carbonyl (C=O) groups is 3. The largest absolute Gasteiger partial charge is 0.493 e. The summed E-state index contributed by atoms with van der Waals surface area (Å²) >= 11 is 0. The number of ether oxygens (including phenoxy) is 1. The maximum Gasteiger partial charge on any atom is 0.255 e. The van der Waals surface area contributed by atoms with E-state index >= 15 is 0 Å². The lowest BCUT2D eigenvalue weighted by Gasteiger charge is -2.40. The molecule has 7 heteroatoms. The maximum atomic E-state index is 12.9. The van der Waals surface area contributed by atoms with E-state index < -0.39 is 6.04 Å². The van der Waals surface area contributed by atoms with Crippen LogP contribution in [0.15, 0.2) is 18.2 Å². The summed E-state index contributed by atoms with van der Waals surface area (Å²) in [5.41, 5.74) is 1.64. The maximum absolute atomic E-state index is 12.9. The fourth-order valence-corrected chi connectivity index (χ4v) is 4.67. The topological polar surface area (TPSA) is 79.0 Å². The quantitative estimate of drug-likeness (QED) is 0.767. The van der Waals surface area contributed by atoms with Gasteiger partial charge >= 0.3 is 0 Å². The molecule has 0 saturated carbocycles. The van der Waals surface area contributed by atoms with Crippen molar-refractivity contribution in [3.05, 3.63) is 29.3 Å². The number of carbonyl (C=O) groups excluding carboxylic acids is 3. The van der Waals surface area contributed by atoms with Gasteiger partial charge in [0.1, 0.15) is 11.8 Å². The molecule has 1 N–H and O–H groups in total. The van der Waals surface area contributed by atoms with Gasteiger partial charge in [-0.25, -0.2) is 0 Å². The number of hydrogen-bond acceptors (Lipinski definition) is 5. The third-order valence-electron chi connectivity index (χ3n) is 6.58. The highest BCUT2D eigenvalue weighted by Gasteiger charge is 2.40. The minimum atomic E-state index is -0.600. The molecular weight excluding hydrogens is 382 g/mol. The van der Waals surface area contributed by atoms with Crippen molar-refractivity contribution in [2.24, 2.45) is 5.92 Å². The van der Waals surface area contributed by atoms with E-state index in [-0.39, 0.29) is 29.7 Å². The Kier molecular flexibility index (Phi) is 5.57. The molecule has 3 aliphatic heterocycles. The van der Waals surface area contributed by atoms with Crippen molar-refractivity contribution in [2.75, 3.05) is 19.7 Å². The van der Waals surface area contributed by atoms with Gasteiger partial charge in [-0.15, -0.1) is 0 Å². The Bertz CT molecular complexity index is 852. The molecule has 1 unspecified atom stereocenters. The van der Waals surface area contributed by atoms with E-state index in [1.54, 1.807) is 11.0 Å². The Hall–Kier alpha value is -2.41. The molecule has 2 fully saturated rings. The summed E-state index contributed by atoms with van der Waals surface area (Å²) in [5, 5.41) is 2.34. The van der Waals surface area contributed by atoms with Crippen molar-refractivity contribution in [3.63, 3.8) is 0 Å². The Labute approximate surface area is 177 Å². The van der Waals surface area contributed by atoms with Crippen LogP contribution in [0.25, 0.3) is 0 Å². The zero-order valence-corrected chi connectivity index (χ0v) is 18.1. The first-order valence-corrected chi connectivity index (χ1v) is 10.9. The molecule has 1 atom stereocenters. The number of hydrogen-bond donors (Lipinski definition) is 1. The van der Waals surface area contributed by atoms with Crippen LogP contribution in [0.4, 0.5) is 0 Å². The molecule has 0 bridgehead atoms. The Morgan fingerprint density at radius 3 is 2.50 bits per heavy atom. The SMILES string of the molecule is CC(C)(C)N1CCC(COc2cccc3c2CN(C2CCC(=O)NC2=O)C3=O)CC1. The van der Waals surface area contributed by atoms with Crippen molar-refractivity contribution < 1.29 is 19.1 Å². The van der Waals surface area contributed by atoms with E-state index in [0.29, 0.717) is 31.1 Å². The lowest BCUT2D eigenvalue weighted by molar-refractivity contribution is -0.136. The van der Waals surface area contributed by atoms with Gasteiger partial charge in [0.05, 0.1) is 13.2 Å². The third kappa shape index (κ3) is 4.08. The van der Waals surface area contributed by atoms with Crippen LogP contribution < -0.4 is 10.1 Å². The normalized spacial score (nSPS) is 23.5. The Morgan fingerprint density at radius 1 is 1.10 bits per heavy atom. The molecule has 0 aromatic heterocycles. The van der Waals surface area contributed by atoms with Gasteiger partial charge in [0.25, 0.3) is 5.91 Å². The van der Waals surface area contributed by atoms with Crippen LogP contribution in [0.3, 0.4) is 0 Å².